The summed E-state index contributed by atoms with van der Waals surface area (Å²) in [6.45, 7) is 3.51. The van der Waals surface area contributed by atoms with Crippen LogP contribution in [0.4, 0.5) is 46.0 Å². The van der Waals surface area contributed by atoms with Gasteiger partial charge in [0.2, 0.25) is 11.8 Å². The van der Waals surface area contributed by atoms with Gasteiger partial charge in [0, 0.05) is 135 Å². The Morgan fingerprint density at radius 3 is 0.915 bits per heavy atom. The maximum atomic E-state index is 13.4. The summed E-state index contributed by atoms with van der Waals surface area (Å²) < 4.78 is 69.5. The molecule has 682 valence electrons. The van der Waals surface area contributed by atoms with Crippen LogP contribution in [0.2, 0.25) is 50.2 Å². The molecule has 0 aliphatic carbocycles. The summed E-state index contributed by atoms with van der Waals surface area (Å²) in [7, 11) is 1.30. The standard InChI is InChI=1S/2C24H21Cl2F2NO.C19H17Cl2NO3.C18H19Cl2NO.C17H15Cl2NO.H3N.H2O/c2*25-18-4-2-17(3-5-18)24-12-1-16(14-29(24)20-8-6-19(26)7-9-20)15-30-21-10-11-22(27)23(28)13-21;1-25-19(24)16-10-11-17(12-2-4-13(20)5-3-12)22(18(16)23)15-8-6-14(21)7-9-15;19-15-4-2-14(3-5-15)18-10-1-13(12-22)11-21(18)17-8-6-16(20)7-9-17;18-13-6-4-12(5-7-13)16-2-1-3-17(21)20(16)15-10-8-14(19)9-11-15;;/h2*2-11,13,16,24H,1,12,14-15H2;2-9,16-17H,10-11H2,1H3;2-9,13,18,22H,1,10-12H2;4-11,16H,1-3H2;1H3;1H2/t16-,24+;16-,24-;;13-,18+;;;/m10.1.../s1. The average Bonchev–Trinajstić information content (AvgIpc) is 0.758. The first kappa shape index (κ1) is 101. The van der Waals surface area contributed by atoms with Crippen LogP contribution >= 0.6 is 116 Å². The summed E-state index contributed by atoms with van der Waals surface area (Å²) in [6, 6.07) is 85.0. The Labute approximate surface area is 806 Å². The van der Waals surface area contributed by atoms with E-state index in [9.17, 15) is 37.1 Å². The van der Waals surface area contributed by atoms with E-state index in [1.165, 1.54) is 35.9 Å². The van der Waals surface area contributed by atoms with Crippen LogP contribution in [0.15, 0.2) is 279 Å². The normalized spacial score (nSPS) is 19.4. The van der Waals surface area contributed by atoms with Crippen molar-refractivity contribution >= 4 is 162 Å². The Hall–Kier alpha value is -9.45. The number of ether oxygens (including phenoxy) is 3. The number of benzene rings is 12. The van der Waals surface area contributed by atoms with E-state index < -0.39 is 35.2 Å². The number of halogens is 14. The van der Waals surface area contributed by atoms with Gasteiger partial charge in [-0.25, -0.2) is 17.6 Å². The van der Waals surface area contributed by atoms with Gasteiger partial charge in [-0.15, -0.1) is 0 Å². The van der Waals surface area contributed by atoms with Crippen LogP contribution in [0.25, 0.3) is 0 Å². The number of esters is 1. The first-order valence-electron chi connectivity index (χ1n) is 42.2. The first-order chi connectivity index (χ1) is 61.8. The third kappa shape index (κ3) is 27.4. The van der Waals surface area contributed by atoms with E-state index >= 15 is 0 Å². The smallest absolute Gasteiger partial charge is 0.318 e. The first-order valence-corrected chi connectivity index (χ1v) is 45.9. The predicted molar refractivity (Wildman–Crippen MR) is 521 cm³/mol. The Bertz CT molecular complexity index is 5460. The largest absolute Gasteiger partial charge is 0.493 e. The van der Waals surface area contributed by atoms with Crippen LogP contribution in [0.1, 0.15) is 129 Å². The van der Waals surface area contributed by atoms with Gasteiger partial charge in [0.1, 0.15) is 17.4 Å². The van der Waals surface area contributed by atoms with Crippen molar-refractivity contribution < 1.29 is 56.7 Å². The summed E-state index contributed by atoms with van der Waals surface area (Å²) in [5, 5.41) is 16.4. The number of hydrogen-bond donors (Lipinski definition) is 2. The van der Waals surface area contributed by atoms with E-state index in [1.807, 2.05) is 175 Å². The van der Waals surface area contributed by atoms with Gasteiger partial charge in [0.15, 0.2) is 23.3 Å². The van der Waals surface area contributed by atoms with Crippen molar-refractivity contribution in [2.24, 2.45) is 23.7 Å². The van der Waals surface area contributed by atoms with Crippen LogP contribution < -0.4 is 40.1 Å². The molecule has 17 rings (SSSR count). The van der Waals surface area contributed by atoms with Gasteiger partial charge >= 0.3 is 5.97 Å². The topological polar surface area (TPSA) is 182 Å². The van der Waals surface area contributed by atoms with Gasteiger partial charge in [-0.1, -0.05) is 177 Å². The fourth-order valence-corrected chi connectivity index (χ4v) is 18.2. The molecule has 0 saturated carbocycles. The van der Waals surface area contributed by atoms with Gasteiger partial charge in [0.25, 0.3) is 0 Å². The van der Waals surface area contributed by atoms with Gasteiger partial charge < -0.3 is 55.4 Å². The molecule has 0 spiro atoms. The van der Waals surface area contributed by atoms with Crippen LogP contribution in [-0.2, 0) is 19.1 Å². The van der Waals surface area contributed by atoms with Gasteiger partial charge in [-0.05, 0) is 304 Å². The van der Waals surface area contributed by atoms with Crippen LogP contribution in [0.3, 0.4) is 0 Å². The summed E-state index contributed by atoms with van der Waals surface area (Å²) in [6.07, 6.45) is 9.41. The fourth-order valence-electron chi connectivity index (χ4n) is 16.9. The number of nitrogens with zero attached hydrogens (tertiary/aromatic N) is 5. The molecule has 6 N–H and O–H groups in total. The van der Waals surface area contributed by atoms with Gasteiger partial charge in [0.05, 0.1) is 50.5 Å². The Kier molecular flexibility index (Phi) is 37.9. The van der Waals surface area contributed by atoms with E-state index in [1.54, 1.807) is 41.3 Å². The lowest BCUT2D eigenvalue weighted by Gasteiger charge is -2.41. The minimum Gasteiger partial charge on any atom is -0.493 e. The molecule has 5 fully saturated rings. The van der Waals surface area contributed by atoms with Crippen LogP contribution in [0, 0.1) is 46.9 Å². The quantitative estimate of drug-likeness (QED) is 0.0474. The number of methoxy groups -OCH3 is 1. The second kappa shape index (κ2) is 48.8. The zero-order chi connectivity index (χ0) is 90.5. The van der Waals surface area contributed by atoms with E-state index in [0.717, 1.165) is 139 Å². The highest BCUT2D eigenvalue weighted by Crippen LogP contribution is 2.45. The van der Waals surface area contributed by atoms with Crippen LogP contribution in [0.5, 0.6) is 11.5 Å². The van der Waals surface area contributed by atoms with Crippen molar-refractivity contribution in [3.8, 4) is 11.5 Å². The molecule has 0 radical (unpaired) electrons. The maximum Gasteiger partial charge on any atom is 0.318 e. The molecular formula is C102H98Cl10F4N6O8. The zero-order valence-electron chi connectivity index (χ0n) is 70.9. The van der Waals surface area contributed by atoms with Gasteiger partial charge in [-0.2, -0.15) is 0 Å². The second-order valence-electron chi connectivity index (χ2n) is 32.0. The predicted octanol–water partition coefficient (Wildman–Crippen LogP) is 28.8. The van der Waals surface area contributed by atoms with E-state index in [2.05, 4.69) is 51.1 Å². The minimum atomic E-state index is -0.901. The molecule has 5 saturated heterocycles. The monoisotopic (exact) mass is 1960 g/mol. The Balaban J connectivity index is 0.000000158. The maximum absolute atomic E-state index is 13.4. The van der Waals surface area contributed by atoms with E-state index in [-0.39, 0.29) is 66.1 Å². The van der Waals surface area contributed by atoms with Gasteiger partial charge in [-0.3, -0.25) is 14.4 Å². The number of amides is 2. The molecule has 130 heavy (non-hydrogen) atoms. The summed E-state index contributed by atoms with van der Waals surface area (Å²) in [5.41, 5.74) is 10.6. The highest BCUT2D eigenvalue weighted by molar-refractivity contribution is 6.33. The molecule has 5 heterocycles. The number of rotatable bonds is 18. The van der Waals surface area contributed by atoms with Crippen LogP contribution in [-0.4, -0.2) is 74.9 Å². The molecule has 5 aliphatic rings. The number of piperidine rings is 5. The zero-order valence-corrected chi connectivity index (χ0v) is 78.5. The molecule has 12 aromatic carbocycles. The lowest BCUT2D eigenvalue weighted by Crippen LogP contribution is -2.46. The van der Waals surface area contributed by atoms with Crippen molar-refractivity contribution in [1.29, 1.82) is 0 Å². The third-order valence-corrected chi connectivity index (χ3v) is 26.0. The SMILES string of the molecule is COC(=O)C1CCC(c2ccc(Cl)cc2)N(c2ccc(Cl)cc2)C1=O.Fc1ccc(OC[C@@H]2CC[C@@H](c3ccc(Cl)cc3)N(c3ccc(Cl)cc3)C2)cc1F.Fc1ccc(OC[C@H]2CC[C@@H](c3ccc(Cl)cc3)N(c3ccc(Cl)cc3)C2)cc1F.N.O.O=C1CCCC(c2ccc(Cl)cc2)N1c1ccc(Cl)cc1.OC[C@@H]1CC[C@@H](c2ccc(Cl)cc2)N(c2ccc(Cl)cc2)C1. The fraction of sp³-hybridized carbons (Fsp3) is 0.265. The summed E-state index contributed by atoms with van der Waals surface area (Å²) in [5.74, 6) is -3.46. The molecule has 5 aliphatic heterocycles. The number of aliphatic hydroxyl groups excluding tert-OH is 1. The highest BCUT2D eigenvalue weighted by atomic mass is 35.5. The minimum absolute atomic E-state index is 0. The molecule has 14 nitrogen and oxygen atoms in total. The number of carbonyl (C=O) groups is 3. The van der Waals surface area contributed by atoms with Crippen molar-refractivity contribution in [2.45, 2.75) is 101 Å². The molecular weight excluding hydrogens is 1870 g/mol. The van der Waals surface area contributed by atoms with E-state index in [0.29, 0.717) is 102 Å². The molecule has 9 atom stereocenters. The Morgan fingerprint density at radius 1 is 0.338 bits per heavy atom. The van der Waals surface area contributed by atoms with Crippen molar-refractivity contribution in [3.63, 3.8) is 0 Å². The molecule has 12 aromatic rings. The Morgan fingerprint density at radius 2 is 0.608 bits per heavy atom. The van der Waals surface area contributed by atoms with E-state index in [4.69, 9.17) is 130 Å². The number of aliphatic hydroxyl groups is 1. The van der Waals surface area contributed by atoms with Crippen molar-refractivity contribution in [1.82, 2.24) is 6.15 Å². The third-order valence-electron chi connectivity index (χ3n) is 23.5. The lowest BCUT2D eigenvalue weighted by atomic mass is 9.87. The number of anilines is 5. The second-order valence-corrected chi connectivity index (χ2v) is 36.3. The molecule has 28 heteroatoms. The number of carbonyl (C=O) groups excluding carboxylic acids is 3. The summed E-state index contributed by atoms with van der Waals surface area (Å²) in [4.78, 5) is 48.0. The molecule has 0 bridgehead atoms. The number of hydrogen-bond acceptors (Lipinski definition) is 11. The molecule has 2 amide bonds. The molecule has 3 unspecified atom stereocenters. The van der Waals surface area contributed by atoms with Crippen molar-refractivity contribution in [2.75, 3.05) is 71.1 Å². The average molecular weight is 1970 g/mol. The highest BCUT2D eigenvalue weighted by Gasteiger charge is 2.42. The molecule has 0 aromatic heterocycles. The lowest BCUT2D eigenvalue weighted by molar-refractivity contribution is -0.150. The summed E-state index contributed by atoms with van der Waals surface area (Å²) >= 11 is 60.2. The van der Waals surface area contributed by atoms with Crippen molar-refractivity contribution in [3.05, 3.63) is 380 Å².